The third kappa shape index (κ3) is 3.97. The van der Waals surface area contributed by atoms with Crippen molar-refractivity contribution < 1.29 is 14.0 Å². The fourth-order valence-corrected chi connectivity index (χ4v) is 4.84. The smallest absolute Gasteiger partial charge is 0.289 e. The van der Waals surface area contributed by atoms with E-state index in [-0.39, 0.29) is 17.7 Å². The van der Waals surface area contributed by atoms with E-state index >= 15 is 0 Å². The number of rotatable bonds is 3. The van der Waals surface area contributed by atoms with Gasteiger partial charge in [-0.3, -0.25) is 9.59 Å². The van der Waals surface area contributed by atoms with Gasteiger partial charge in [0.05, 0.1) is 5.92 Å². The third-order valence-electron chi connectivity index (χ3n) is 6.12. The number of aryl methyl sites for hydroxylation is 1. The first-order valence-electron chi connectivity index (χ1n) is 10.3. The molecule has 2 fully saturated rings. The van der Waals surface area contributed by atoms with Gasteiger partial charge in [0.1, 0.15) is 5.58 Å². The molecule has 1 atom stereocenters. The van der Waals surface area contributed by atoms with Crippen molar-refractivity contribution in [2.45, 2.75) is 57.9 Å². The molecule has 0 radical (unpaired) electrons. The highest BCUT2D eigenvalue weighted by atomic mass is 79.9. The van der Waals surface area contributed by atoms with Crippen LogP contribution >= 0.6 is 15.9 Å². The van der Waals surface area contributed by atoms with E-state index < -0.39 is 0 Å². The zero-order valence-corrected chi connectivity index (χ0v) is 17.9. The van der Waals surface area contributed by atoms with Crippen molar-refractivity contribution in [3.8, 4) is 0 Å². The standard InChI is InChI=1S/C22H27BrN2O3/c1-14-18-12-16(23)9-10-19(18)28-20(14)22(27)25-11-5-6-15(13-25)21(26)24-17-7-3-2-4-8-17/h9-10,12,15,17H,2-8,11,13H2,1H3,(H,24,26). The van der Waals surface area contributed by atoms with E-state index in [0.717, 1.165) is 41.1 Å². The first-order chi connectivity index (χ1) is 13.5. The Morgan fingerprint density at radius 2 is 1.93 bits per heavy atom. The number of hydrogen-bond donors (Lipinski definition) is 1. The Morgan fingerprint density at radius 3 is 2.71 bits per heavy atom. The molecule has 2 aromatic rings. The first kappa shape index (κ1) is 19.5. The number of halogens is 1. The molecule has 28 heavy (non-hydrogen) atoms. The number of likely N-dealkylation sites (tertiary alicyclic amines) is 1. The summed E-state index contributed by atoms with van der Waals surface area (Å²) in [5, 5.41) is 4.17. The number of nitrogens with zero attached hydrogens (tertiary/aromatic N) is 1. The number of hydrogen-bond acceptors (Lipinski definition) is 3. The number of amides is 2. The predicted molar refractivity (Wildman–Crippen MR) is 112 cm³/mol. The summed E-state index contributed by atoms with van der Waals surface area (Å²) in [4.78, 5) is 27.6. The van der Waals surface area contributed by atoms with E-state index in [0.29, 0.717) is 30.5 Å². The molecule has 1 aliphatic heterocycles. The molecule has 1 aromatic heterocycles. The molecular formula is C22H27BrN2O3. The van der Waals surface area contributed by atoms with Crippen LogP contribution in [-0.2, 0) is 4.79 Å². The number of piperidine rings is 1. The van der Waals surface area contributed by atoms with Crippen molar-refractivity contribution in [2.24, 2.45) is 5.92 Å². The molecule has 1 N–H and O–H groups in total. The second-order valence-electron chi connectivity index (χ2n) is 8.13. The highest BCUT2D eigenvalue weighted by Gasteiger charge is 2.32. The van der Waals surface area contributed by atoms with Gasteiger partial charge in [0, 0.05) is 34.6 Å². The van der Waals surface area contributed by atoms with Gasteiger partial charge in [-0.25, -0.2) is 0 Å². The molecular weight excluding hydrogens is 420 g/mol. The molecule has 1 aromatic carbocycles. The zero-order valence-electron chi connectivity index (χ0n) is 16.3. The zero-order chi connectivity index (χ0) is 19.7. The summed E-state index contributed by atoms with van der Waals surface area (Å²) in [6.07, 6.45) is 7.51. The van der Waals surface area contributed by atoms with Crippen molar-refractivity contribution in [2.75, 3.05) is 13.1 Å². The first-order valence-corrected chi connectivity index (χ1v) is 11.1. The second-order valence-corrected chi connectivity index (χ2v) is 9.05. The summed E-state index contributed by atoms with van der Waals surface area (Å²) in [5.74, 6) is 0.259. The molecule has 2 heterocycles. The maximum absolute atomic E-state index is 13.1. The van der Waals surface area contributed by atoms with E-state index in [1.807, 2.05) is 25.1 Å². The summed E-state index contributed by atoms with van der Waals surface area (Å²) in [7, 11) is 0. The molecule has 150 valence electrons. The summed E-state index contributed by atoms with van der Waals surface area (Å²) in [5.41, 5.74) is 1.57. The lowest BCUT2D eigenvalue weighted by molar-refractivity contribution is -0.127. The lowest BCUT2D eigenvalue weighted by Crippen LogP contribution is -2.48. The van der Waals surface area contributed by atoms with Crippen LogP contribution in [-0.4, -0.2) is 35.8 Å². The van der Waals surface area contributed by atoms with Gasteiger partial charge in [0.2, 0.25) is 5.91 Å². The van der Waals surface area contributed by atoms with Crippen LogP contribution in [0, 0.1) is 12.8 Å². The number of nitrogens with one attached hydrogen (secondary N) is 1. The summed E-state index contributed by atoms with van der Waals surface area (Å²) in [6.45, 7) is 3.06. The Balaban J connectivity index is 1.46. The molecule has 5 nitrogen and oxygen atoms in total. The minimum Gasteiger partial charge on any atom is -0.451 e. The molecule has 0 spiro atoms. The largest absolute Gasteiger partial charge is 0.451 e. The lowest BCUT2D eigenvalue weighted by atomic mass is 9.93. The van der Waals surface area contributed by atoms with Gasteiger partial charge in [-0.05, 0) is 50.8 Å². The average molecular weight is 447 g/mol. The van der Waals surface area contributed by atoms with Gasteiger partial charge < -0.3 is 14.6 Å². The summed E-state index contributed by atoms with van der Waals surface area (Å²) < 4.78 is 6.83. The Bertz CT molecular complexity index is 885. The van der Waals surface area contributed by atoms with Crippen molar-refractivity contribution in [1.82, 2.24) is 10.2 Å². The van der Waals surface area contributed by atoms with Crippen LogP contribution in [0.4, 0.5) is 0 Å². The fourth-order valence-electron chi connectivity index (χ4n) is 4.48. The van der Waals surface area contributed by atoms with Crippen molar-refractivity contribution >= 4 is 38.7 Å². The Hall–Kier alpha value is -1.82. The predicted octanol–water partition coefficient (Wildman–Crippen LogP) is 4.80. The van der Waals surface area contributed by atoms with E-state index in [2.05, 4.69) is 21.2 Å². The fraction of sp³-hybridized carbons (Fsp3) is 0.545. The van der Waals surface area contributed by atoms with E-state index in [4.69, 9.17) is 4.42 Å². The molecule has 1 saturated carbocycles. The quantitative estimate of drug-likeness (QED) is 0.735. The van der Waals surface area contributed by atoms with Crippen LogP contribution in [0.25, 0.3) is 11.0 Å². The van der Waals surface area contributed by atoms with Crippen LogP contribution in [0.5, 0.6) is 0 Å². The second kappa shape index (κ2) is 8.27. The average Bonchev–Trinajstić information content (AvgIpc) is 3.04. The molecule has 0 bridgehead atoms. The molecule has 1 saturated heterocycles. The maximum atomic E-state index is 13.1. The summed E-state index contributed by atoms with van der Waals surface area (Å²) in [6, 6.07) is 6.07. The Morgan fingerprint density at radius 1 is 1.14 bits per heavy atom. The van der Waals surface area contributed by atoms with Gasteiger partial charge in [-0.1, -0.05) is 35.2 Å². The van der Waals surface area contributed by atoms with Crippen molar-refractivity contribution in [3.63, 3.8) is 0 Å². The topological polar surface area (TPSA) is 62.6 Å². The van der Waals surface area contributed by atoms with Crippen molar-refractivity contribution in [1.29, 1.82) is 0 Å². The normalized spacial score (nSPS) is 21.1. The third-order valence-corrected chi connectivity index (χ3v) is 6.62. The van der Waals surface area contributed by atoms with Gasteiger partial charge >= 0.3 is 0 Å². The molecule has 1 aliphatic carbocycles. The van der Waals surface area contributed by atoms with Crippen LogP contribution < -0.4 is 5.32 Å². The number of furan rings is 1. The SMILES string of the molecule is Cc1c(C(=O)N2CCCC(C(=O)NC3CCCCC3)C2)oc2ccc(Br)cc12. The molecule has 6 heteroatoms. The van der Waals surface area contributed by atoms with Crippen LogP contribution in [0.3, 0.4) is 0 Å². The summed E-state index contributed by atoms with van der Waals surface area (Å²) >= 11 is 3.47. The van der Waals surface area contributed by atoms with Crippen LogP contribution in [0.2, 0.25) is 0 Å². The number of carbonyl (C=O) groups excluding carboxylic acids is 2. The van der Waals surface area contributed by atoms with Gasteiger partial charge in [0.25, 0.3) is 5.91 Å². The highest BCUT2D eigenvalue weighted by molar-refractivity contribution is 9.10. The molecule has 1 unspecified atom stereocenters. The lowest BCUT2D eigenvalue weighted by Gasteiger charge is -2.33. The minimum absolute atomic E-state index is 0.106. The van der Waals surface area contributed by atoms with Crippen LogP contribution in [0.1, 0.15) is 61.1 Å². The number of carbonyl (C=O) groups is 2. The molecule has 2 amide bonds. The van der Waals surface area contributed by atoms with Gasteiger partial charge in [-0.15, -0.1) is 0 Å². The minimum atomic E-state index is -0.126. The van der Waals surface area contributed by atoms with Crippen molar-refractivity contribution in [3.05, 3.63) is 34.0 Å². The van der Waals surface area contributed by atoms with Gasteiger partial charge in [0.15, 0.2) is 5.76 Å². The van der Waals surface area contributed by atoms with Crippen LogP contribution in [0.15, 0.2) is 27.1 Å². The van der Waals surface area contributed by atoms with E-state index in [1.165, 1.54) is 19.3 Å². The number of benzene rings is 1. The highest BCUT2D eigenvalue weighted by Crippen LogP contribution is 2.30. The monoisotopic (exact) mass is 446 g/mol. The number of fused-ring (bicyclic) bond motifs is 1. The Kier molecular flexibility index (Phi) is 5.76. The Labute approximate surface area is 174 Å². The molecule has 2 aliphatic rings. The van der Waals surface area contributed by atoms with Gasteiger partial charge in [-0.2, -0.15) is 0 Å². The maximum Gasteiger partial charge on any atom is 0.289 e. The molecule has 4 rings (SSSR count). The van der Waals surface area contributed by atoms with E-state index in [1.54, 1.807) is 4.90 Å². The van der Waals surface area contributed by atoms with E-state index in [9.17, 15) is 9.59 Å².